The van der Waals surface area contributed by atoms with E-state index in [1.807, 2.05) is 55.5 Å². The topological polar surface area (TPSA) is 94.2 Å². The molecule has 1 saturated heterocycles. The summed E-state index contributed by atoms with van der Waals surface area (Å²) >= 11 is 0. The number of amides is 1. The van der Waals surface area contributed by atoms with Crippen molar-refractivity contribution in [2.24, 2.45) is 0 Å². The molecule has 5 rings (SSSR count). The lowest BCUT2D eigenvalue weighted by Crippen LogP contribution is -2.40. The first-order valence-electron chi connectivity index (χ1n) is 11.5. The highest BCUT2D eigenvalue weighted by atomic mass is 32.2. The van der Waals surface area contributed by atoms with Crippen molar-refractivity contribution in [2.75, 3.05) is 38.2 Å². The lowest BCUT2D eigenvalue weighted by molar-refractivity contribution is -0.116. The summed E-state index contributed by atoms with van der Waals surface area (Å²) in [5.74, 6) is 0.677. The Labute approximate surface area is 204 Å². The molecule has 1 amide bonds. The predicted octanol–water partition coefficient (Wildman–Crippen LogP) is 3.98. The molecule has 3 aromatic rings. The molecule has 1 fully saturated rings. The van der Waals surface area contributed by atoms with Crippen LogP contribution in [0.15, 0.2) is 71.6 Å². The molecule has 0 saturated carbocycles. The van der Waals surface area contributed by atoms with Crippen LogP contribution in [-0.4, -0.2) is 51.5 Å². The number of sulfonamides is 1. The SMILES string of the molecule is CCOc1ccc(S(=O)(=O)N2CCOCC2)cc1NC(=O)C1c2ccccc2Oc2ccccc21. The third kappa shape index (κ3) is 4.50. The molecule has 9 heteroatoms. The van der Waals surface area contributed by atoms with Crippen LogP contribution in [0.25, 0.3) is 0 Å². The molecule has 35 heavy (non-hydrogen) atoms. The van der Waals surface area contributed by atoms with Crippen LogP contribution in [0.1, 0.15) is 24.0 Å². The Morgan fingerprint density at radius 2 is 1.63 bits per heavy atom. The van der Waals surface area contributed by atoms with Crippen molar-refractivity contribution in [3.05, 3.63) is 77.9 Å². The number of carbonyl (C=O) groups excluding carboxylic acids is 1. The monoisotopic (exact) mass is 494 g/mol. The second-order valence-electron chi connectivity index (χ2n) is 8.21. The Bertz CT molecular complexity index is 1310. The number of benzene rings is 3. The van der Waals surface area contributed by atoms with Crippen molar-refractivity contribution in [3.8, 4) is 17.2 Å². The number of hydrogen-bond donors (Lipinski definition) is 1. The van der Waals surface area contributed by atoms with Crippen molar-refractivity contribution in [2.45, 2.75) is 17.7 Å². The van der Waals surface area contributed by atoms with Crippen LogP contribution >= 0.6 is 0 Å². The largest absolute Gasteiger partial charge is 0.492 e. The number of carbonyl (C=O) groups is 1. The fourth-order valence-corrected chi connectivity index (χ4v) is 5.82. The molecule has 0 aliphatic carbocycles. The van der Waals surface area contributed by atoms with Gasteiger partial charge in [-0.3, -0.25) is 4.79 Å². The molecule has 0 aromatic heterocycles. The average molecular weight is 495 g/mol. The lowest BCUT2D eigenvalue weighted by Gasteiger charge is -2.28. The zero-order valence-electron chi connectivity index (χ0n) is 19.3. The Morgan fingerprint density at radius 3 is 2.26 bits per heavy atom. The summed E-state index contributed by atoms with van der Waals surface area (Å²) in [5.41, 5.74) is 1.77. The Morgan fingerprint density at radius 1 is 1.00 bits per heavy atom. The van der Waals surface area contributed by atoms with Gasteiger partial charge in [-0.1, -0.05) is 36.4 Å². The zero-order valence-corrected chi connectivity index (χ0v) is 20.1. The van der Waals surface area contributed by atoms with Crippen molar-refractivity contribution in [1.29, 1.82) is 0 Å². The second-order valence-corrected chi connectivity index (χ2v) is 10.1. The molecular weight excluding hydrogens is 468 g/mol. The molecule has 0 spiro atoms. The minimum atomic E-state index is -3.75. The molecule has 182 valence electrons. The molecule has 2 heterocycles. The normalized spacial score (nSPS) is 16.0. The van der Waals surface area contributed by atoms with E-state index >= 15 is 0 Å². The highest BCUT2D eigenvalue weighted by Gasteiger charge is 2.33. The third-order valence-electron chi connectivity index (χ3n) is 6.06. The summed E-state index contributed by atoms with van der Waals surface area (Å²) in [5, 5.41) is 2.94. The Balaban J connectivity index is 1.51. The average Bonchev–Trinajstić information content (AvgIpc) is 2.88. The van der Waals surface area contributed by atoms with Crippen LogP contribution in [0.3, 0.4) is 0 Å². The first kappa shape index (κ1) is 23.3. The molecule has 2 aliphatic heterocycles. The summed E-state index contributed by atoms with van der Waals surface area (Å²) in [6.45, 7) is 3.46. The summed E-state index contributed by atoms with van der Waals surface area (Å²) in [4.78, 5) is 13.8. The summed E-state index contributed by atoms with van der Waals surface area (Å²) in [6, 6.07) is 19.3. The minimum absolute atomic E-state index is 0.0888. The van der Waals surface area contributed by atoms with Crippen molar-refractivity contribution in [3.63, 3.8) is 0 Å². The van der Waals surface area contributed by atoms with Gasteiger partial charge in [-0.05, 0) is 37.3 Å². The number of nitrogens with zero attached hydrogens (tertiary/aromatic N) is 1. The molecule has 0 radical (unpaired) electrons. The smallest absolute Gasteiger partial charge is 0.243 e. The van der Waals surface area contributed by atoms with E-state index in [4.69, 9.17) is 14.2 Å². The van der Waals surface area contributed by atoms with Gasteiger partial charge in [0.2, 0.25) is 15.9 Å². The molecule has 1 N–H and O–H groups in total. The van der Waals surface area contributed by atoms with Gasteiger partial charge >= 0.3 is 0 Å². The number of hydrogen-bond acceptors (Lipinski definition) is 6. The van der Waals surface area contributed by atoms with Crippen molar-refractivity contribution >= 4 is 21.6 Å². The summed E-state index contributed by atoms with van der Waals surface area (Å²) < 4.78 is 44.8. The molecule has 0 bridgehead atoms. The molecular formula is C26H26N2O6S. The van der Waals surface area contributed by atoms with Gasteiger partial charge in [0.25, 0.3) is 0 Å². The molecule has 2 aliphatic rings. The number of ether oxygens (including phenoxy) is 3. The number of anilines is 1. The molecule has 0 atom stereocenters. The van der Waals surface area contributed by atoms with E-state index in [1.54, 1.807) is 6.07 Å². The summed E-state index contributed by atoms with van der Waals surface area (Å²) in [7, 11) is -3.75. The number of nitrogens with one attached hydrogen (secondary N) is 1. The highest BCUT2D eigenvalue weighted by molar-refractivity contribution is 7.89. The summed E-state index contributed by atoms with van der Waals surface area (Å²) in [6.07, 6.45) is 0. The fraction of sp³-hybridized carbons (Fsp3) is 0.269. The maximum absolute atomic E-state index is 13.7. The Kier molecular flexibility index (Phi) is 6.46. The van der Waals surface area contributed by atoms with Crippen LogP contribution in [0.5, 0.6) is 17.2 Å². The highest BCUT2D eigenvalue weighted by Crippen LogP contribution is 2.44. The van der Waals surface area contributed by atoms with E-state index in [9.17, 15) is 13.2 Å². The van der Waals surface area contributed by atoms with Gasteiger partial charge < -0.3 is 19.5 Å². The molecule has 3 aromatic carbocycles. The van der Waals surface area contributed by atoms with Crippen LogP contribution in [0, 0.1) is 0 Å². The van der Waals surface area contributed by atoms with E-state index in [1.165, 1.54) is 16.4 Å². The van der Waals surface area contributed by atoms with Gasteiger partial charge in [-0.15, -0.1) is 0 Å². The molecule has 0 unspecified atom stereocenters. The van der Waals surface area contributed by atoms with E-state index in [0.717, 1.165) is 11.1 Å². The van der Waals surface area contributed by atoms with E-state index in [0.29, 0.717) is 42.8 Å². The zero-order chi connectivity index (χ0) is 24.4. The van der Waals surface area contributed by atoms with Crippen molar-refractivity contribution < 1.29 is 27.4 Å². The van der Waals surface area contributed by atoms with E-state index < -0.39 is 15.9 Å². The van der Waals surface area contributed by atoms with E-state index in [-0.39, 0.29) is 23.9 Å². The Hall–Kier alpha value is -3.40. The quantitative estimate of drug-likeness (QED) is 0.557. The number of morpholine rings is 1. The molecule has 8 nitrogen and oxygen atoms in total. The van der Waals surface area contributed by atoms with Gasteiger partial charge in [-0.2, -0.15) is 4.31 Å². The van der Waals surface area contributed by atoms with E-state index in [2.05, 4.69) is 5.32 Å². The standard InChI is InChI=1S/C26H26N2O6S/c1-2-33-24-12-11-18(35(30,31)28-13-15-32-16-14-28)17-21(24)27-26(29)25-19-7-3-5-9-22(19)34-23-10-6-4-8-20(23)25/h3-12,17,25H,2,13-16H2,1H3,(H,27,29). The van der Waals surface area contributed by atoms with Crippen LogP contribution < -0.4 is 14.8 Å². The fourth-order valence-electron chi connectivity index (χ4n) is 4.38. The van der Waals surface area contributed by atoms with Crippen LogP contribution in [0.4, 0.5) is 5.69 Å². The van der Waals surface area contributed by atoms with Gasteiger partial charge in [0.05, 0.1) is 36.3 Å². The van der Waals surface area contributed by atoms with Crippen LogP contribution in [-0.2, 0) is 19.6 Å². The maximum atomic E-state index is 13.7. The van der Waals surface area contributed by atoms with Gasteiger partial charge in [0.15, 0.2) is 0 Å². The third-order valence-corrected chi connectivity index (χ3v) is 7.95. The van der Waals surface area contributed by atoms with Crippen LogP contribution in [0.2, 0.25) is 0 Å². The lowest BCUT2D eigenvalue weighted by atomic mass is 9.87. The van der Waals surface area contributed by atoms with Crippen molar-refractivity contribution in [1.82, 2.24) is 4.31 Å². The number of fused-ring (bicyclic) bond motifs is 2. The first-order valence-corrected chi connectivity index (χ1v) is 12.9. The number of para-hydroxylation sites is 2. The van der Waals surface area contributed by atoms with Gasteiger partial charge in [0.1, 0.15) is 17.2 Å². The first-order chi connectivity index (χ1) is 17.0. The second kappa shape index (κ2) is 9.69. The maximum Gasteiger partial charge on any atom is 0.243 e. The van der Waals surface area contributed by atoms with Gasteiger partial charge in [-0.25, -0.2) is 8.42 Å². The number of rotatable bonds is 6. The minimum Gasteiger partial charge on any atom is -0.492 e. The van der Waals surface area contributed by atoms with Gasteiger partial charge in [0, 0.05) is 24.2 Å². The predicted molar refractivity (Wildman–Crippen MR) is 131 cm³/mol.